The second kappa shape index (κ2) is 6.43. The predicted molar refractivity (Wildman–Crippen MR) is 59.0 cm³/mol. The quantitative estimate of drug-likeness (QED) is 0.778. The lowest BCUT2D eigenvalue weighted by Crippen LogP contribution is -2.25. The van der Waals surface area contributed by atoms with Crippen molar-refractivity contribution >= 4 is 0 Å². The topological polar surface area (TPSA) is 38.7 Å². The van der Waals surface area contributed by atoms with Crippen molar-refractivity contribution in [3.63, 3.8) is 0 Å². The molecule has 0 aliphatic heterocycles. The highest BCUT2D eigenvalue weighted by atomic mass is 16.5. The lowest BCUT2D eigenvalue weighted by atomic mass is 10.3. The average Bonchev–Trinajstić information content (AvgIpc) is 2.25. The summed E-state index contributed by atoms with van der Waals surface area (Å²) in [4.78, 5) is 0. The van der Waals surface area contributed by atoms with E-state index in [1.54, 1.807) is 0 Å². The highest BCUT2D eigenvalue weighted by Gasteiger charge is 2.06. The van der Waals surface area contributed by atoms with Crippen LogP contribution in [-0.2, 0) is 4.74 Å². The minimum absolute atomic E-state index is 0.136. The maximum Gasteiger partial charge on any atom is 0.119 e. The molecule has 1 rings (SSSR count). The second-order valence-electron chi connectivity index (χ2n) is 3.66. The van der Waals surface area contributed by atoms with Gasteiger partial charge in [-0.05, 0) is 26.0 Å². The summed E-state index contributed by atoms with van der Waals surface area (Å²) in [5, 5.41) is 9.51. The van der Waals surface area contributed by atoms with Gasteiger partial charge in [0.25, 0.3) is 0 Å². The van der Waals surface area contributed by atoms with Gasteiger partial charge in [0.2, 0.25) is 0 Å². The van der Waals surface area contributed by atoms with Gasteiger partial charge in [0.1, 0.15) is 18.5 Å². The molecule has 1 aromatic rings. The van der Waals surface area contributed by atoms with Crippen LogP contribution in [0.2, 0.25) is 0 Å². The molecule has 0 spiro atoms. The molecule has 1 unspecified atom stereocenters. The van der Waals surface area contributed by atoms with Crippen molar-refractivity contribution in [2.75, 3.05) is 13.2 Å². The first-order valence-electron chi connectivity index (χ1n) is 5.16. The van der Waals surface area contributed by atoms with Crippen LogP contribution in [0.15, 0.2) is 30.3 Å². The van der Waals surface area contributed by atoms with Crippen molar-refractivity contribution in [1.82, 2.24) is 0 Å². The van der Waals surface area contributed by atoms with E-state index >= 15 is 0 Å². The first-order chi connectivity index (χ1) is 7.18. The van der Waals surface area contributed by atoms with E-state index in [2.05, 4.69) is 0 Å². The maximum absolute atomic E-state index is 9.51. The van der Waals surface area contributed by atoms with Crippen LogP contribution < -0.4 is 4.74 Å². The van der Waals surface area contributed by atoms with Gasteiger partial charge in [-0.3, -0.25) is 0 Å². The summed E-state index contributed by atoms with van der Waals surface area (Å²) in [5.74, 6) is 0.765. The molecule has 0 saturated carbocycles. The van der Waals surface area contributed by atoms with Crippen molar-refractivity contribution in [3.05, 3.63) is 30.3 Å². The van der Waals surface area contributed by atoms with Gasteiger partial charge in [0, 0.05) is 0 Å². The summed E-state index contributed by atoms with van der Waals surface area (Å²) in [6, 6.07) is 9.43. The summed E-state index contributed by atoms with van der Waals surface area (Å²) >= 11 is 0. The summed E-state index contributed by atoms with van der Waals surface area (Å²) in [6.45, 7) is 4.44. The van der Waals surface area contributed by atoms with Gasteiger partial charge in [0.15, 0.2) is 0 Å². The summed E-state index contributed by atoms with van der Waals surface area (Å²) < 4.78 is 10.6. The van der Waals surface area contributed by atoms with Gasteiger partial charge in [-0.15, -0.1) is 0 Å². The van der Waals surface area contributed by atoms with Gasteiger partial charge >= 0.3 is 0 Å². The highest BCUT2D eigenvalue weighted by Crippen LogP contribution is 2.08. The monoisotopic (exact) mass is 210 g/mol. The molecule has 0 amide bonds. The minimum atomic E-state index is -0.576. The van der Waals surface area contributed by atoms with E-state index in [0.717, 1.165) is 5.75 Å². The molecule has 0 aliphatic carbocycles. The Balaban J connectivity index is 2.19. The van der Waals surface area contributed by atoms with E-state index in [-0.39, 0.29) is 12.7 Å². The Morgan fingerprint density at radius 2 is 1.80 bits per heavy atom. The third kappa shape index (κ3) is 5.40. The van der Waals surface area contributed by atoms with E-state index in [4.69, 9.17) is 9.47 Å². The fourth-order valence-electron chi connectivity index (χ4n) is 1.06. The van der Waals surface area contributed by atoms with Crippen molar-refractivity contribution < 1.29 is 14.6 Å². The van der Waals surface area contributed by atoms with Crippen LogP contribution in [0.5, 0.6) is 5.75 Å². The van der Waals surface area contributed by atoms with E-state index in [0.29, 0.717) is 6.61 Å². The van der Waals surface area contributed by atoms with Gasteiger partial charge in [-0.25, -0.2) is 0 Å². The molecule has 0 radical (unpaired) electrons. The zero-order chi connectivity index (χ0) is 11.1. The number of aliphatic hydroxyl groups is 1. The molecule has 1 aromatic carbocycles. The van der Waals surface area contributed by atoms with Crippen molar-refractivity contribution in [1.29, 1.82) is 0 Å². The van der Waals surface area contributed by atoms with Crippen molar-refractivity contribution in [2.24, 2.45) is 0 Å². The molecule has 15 heavy (non-hydrogen) atoms. The maximum atomic E-state index is 9.51. The molecule has 84 valence electrons. The molecular weight excluding hydrogens is 192 g/mol. The Morgan fingerprint density at radius 3 is 2.40 bits per heavy atom. The van der Waals surface area contributed by atoms with Crippen LogP contribution in [0, 0.1) is 0 Å². The Bertz CT molecular complexity index is 259. The van der Waals surface area contributed by atoms with E-state index < -0.39 is 6.10 Å². The lowest BCUT2D eigenvalue weighted by molar-refractivity contribution is -0.0122. The Kier molecular flexibility index (Phi) is 5.15. The van der Waals surface area contributed by atoms with Crippen LogP contribution in [0.25, 0.3) is 0 Å². The number of ether oxygens (including phenoxy) is 2. The van der Waals surface area contributed by atoms with Gasteiger partial charge < -0.3 is 14.6 Å². The number of aliphatic hydroxyl groups excluding tert-OH is 1. The SMILES string of the molecule is CC(C)OCC(O)COc1ccccc1. The summed E-state index contributed by atoms with van der Waals surface area (Å²) in [5.41, 5.74) is 0. The highest BCUT2D eigenvalue weighted by molar-refractivity contribution is 5.20. The van der Waals surface area contributed by atoms with E-state index in [9.17, 15) is 5.11 Å². The second-order valence-corrected chi connectivity index (χ2v) is 3.66. The van der Waals surface area contributed by atoms with Crippen molar-refractivity contribution in [2.45, 2.75) is 26.1 Å². The molecule has 0 aliphatic rings. The number of para-hydroxylation sites is 1. The fourth-order valence-corrected chi connectivity index (χ4v) is 1.06. The molecule has 3 nitrogen and oxygen atoms in total. The van der Waals surface area contributed by atoms with Crippen LogP contribution >= 0.6 is 0 Å². The smallest absolute Gasteiger partial charge is 0.119 e. The number of benzene rings is 1. The van der Waals surface area contributed by atoms with Gasteiger partial charge in [-0.1, -0.05) is 18.2 Å². The summed E-state index contributed by atoms with van der Waals surface area (Å²) in [6.07, 6.45) is -0.441. The normalized spacial score (nSPS) is 12.8. The lowest BCUT2D eigenvalue weighted by Gasteiger charge is -2.14. The molecule has 0 aromatic heterocycles. The average molecular weight is 210 g/mol. The molecule has 1 N–H and O–H groups in total. The fraction of sp³-hybridized carbons (Fsp3) is 0.500. The zero-order valence-electron chi connectivity index (χ0n) is 9.22. The molecule has 0 heterocycles. The van der Waals surface area contributed by atoms with E-state index in [1.165, 1.54) is 0 Å². The number of hydrogen-bond acceptors (Lipinski definition) is 3. The third-order valence-corrected chi connectivity index (χ3v) is 1.81. The largest absolute Gasteiger partial charge is 0.491 e. The van der Waals surface area contributed by atoms with Crippen LogP contribution in [0.4, 0.5) is 0 Å². The molecular formula is C12H18O3. The van der Waals surface area contributed by atoms with Gasteiger partial charge in [0.05, 0.1) is 12.7 Å². The van der Waals surface area contributed by atoms with Gasteiger partial charge in [-0.2, -0.15) is 0 Å². The first-order valence-corrected chi connectivity index (χ1v) is 5.16. The van der Waals surface area contributed by atoms with Crippen LogP contribution in [0.1, 0.15) is 13.8 Å². The standard InChI is InChI=1S/C12H18O3/c1-10(2)14-8-11(13)9-15-12-6-4-3-5-7-12/h3-7,10-11,13H,8-9H2,1-2H3. The number of hydrogen-bond donors (Lipinski definition) is 1. The third-order valence-electron chi connectivity index (χ3n) is 1.81. The molecule has 1 atom stereocenters. The number of rotatable bonds is 6. The Hall–Kier alpha value is -1.06. The van der Waals surface area contributed by atoms with Crippen molar-refractivity contribution in [3.8, 4) is 5.75 Å². The van der Waals surface area contributed by atoms with E-state index in [1.807, 2.05) is 44.2 Å². The molecule has 0 bridgehead atoms. The predicted octanol–water partition coefficient (Wildman–Crippen LogP) is 1.85. The Morgan fingerprint density at radius 1 is 1.13 bits per heavy atom. The van der Waals surface area contributed by atoms with Crippen LogP contribution in [0.3, 0.4) is 0 Å². The molecule has 0 saturated heterocycles. The minimum Gasteiger partial charge on any atom is -0.491 e. The Labute approximate surface area is 90.6 Å². The first kappa shape index (κ1) is 12.0. The van der Waals surface area contributed by atoms with Crippen LogP contribution in [-0.4, -0.2) is 30.5 Å². The molecule has 3 heteroatoms. The summed E-state index contributed by atoms with van der Waals surface area (Å²) in [7, 11) is 0. The zero-order valence-corrected chi connectivity index (χ0v) is 9.22. The molecule has 0 fully saturated rings.